The minimum Gasteiger partial charge on any atom is -0.396 e. The smallest absolute Gasteiger partial charge is 0.234 e. The van der Waals surface area contributed by atoms with Crippen LogP contribution in [0.4, 0.5) is 0 Å². The molecule has 1 aliphatic rings. The number of carbonyl (C=O) groups is 1. The second-order valence-corrected chi connectivity index (χ2v) is 3.53. The number of aliphatic hydroxyl groups excluding tert-OH is 1. The molecule has 1 atom stereocenters. The summed E-state index contributed by atoms with van der Waals surface area (Å²) in [5.74, 6) is 0.454. The van der Waals surface area contributed by atoms with Crippen LogP contribution >= 0.6 is 0 Å². The van der Waals surface area contributed by atoms with Crippen LogP contribution in [0.5, 0.6) is 0 Å². The Hall–Kier alpha value is -0.610. The van der Waals surface area contributed by atoms with Crippen molar-refractivity contribution in [2.75, 3.05) is 32.8 Å². The predicted octanol–water partition coefficient (Wildman–Crippen LogP) is -0.563. The summed E-state index contributed by atoms with van der Waals surface area (Å²) >= 11 is 0. The summed E-state index contributed by atoms with van der Waals surface area (Å²) in [6.45, 7) is 5.11. The maximum Gasteiger partial charge on any atom is 0.234 e. The van der Waals surface area contributed by atoms with Crippen LogP contribution in [0.15, 0.2) is 0 Å². The van der Waals surface area contributed by atoms with Gasteiger partial charge in [-0.25, -0.2) is 0 Å². The summed E-state index contributed by atoms with van der Waals surface area (Å²) in [7, 11) is 0. The van der Waals surface area contributed by atoms with Crippen LogP contribution in [-0.2, 0) is 4.79 Å². The van der Waals surface area contributed by atoms with Crippen LogP contribution in [0.1, 0.15) is 13.3 Å². The van der Waals surface area contributed by atoms with E-state index in [0.717, 1.165) is 19.5 Å². The van der Waals surface area contributed by atoms with E-state index in [0.29, 0.717) is 19.0 Å². The van der Waals surface area contributed by atoms with Gasteiger partial charge in [-0.15, -0.1) is 0 Å². The van der Waals surface area contributed by atoms with Gasteiger partial charge in [0.2, 0.25) is 5.91 Å². The lowest BCUT2D eigenvalue weighted by atomic mass is 10.1. The first-order valence-corrected chi connectivity index (χ1v) is 4.86. The molecule has 0 radical (unpaired) electrons. The zero-order valence-electron chi connectivity index (χ0n) is 8.12. The number of hydrogen-bond acceptors (Lipinski definition) is 3. The molecule has 2 N–H and O–H groups in total. The quantitative estimate of drug-likeness (QED) is 0.618. The Balaban J connectivity index is 2.19. The first-order chi connectivity index (χ1) is 6.26. The highest BCUT2D eigenvalue weighted by atomic mass is 16.3. The number of nitrogens with zero attached hydrogens (tertiary/aromatic N) is 1. The maximum absolute atomic E-state index is 11.2. The summed E-state index contributed by atoms with van der Waals surface area (Å²) in [4.78, 5) is 13.3. The molecule has 1 fully saturated rings. The molecule has 1 rings (SSSR count). The number of rotatable bonds is 4. The lowest BCUT2D eigenvalue weighted by molar-refractivity contribution is -0.121. The molecule has 0 aromatic heterocycles. The zero-order valence-corrected chi connectivity index (χ0v) is 8.12. The summed E-state index contributed by atoms with van der Waals surface area (Å²) < 4.78 is 0. The fourth-order valence-electron chi connectivity index (χ4n) is 1.66. The van der Waals surface area contributed by atoms with E-state index in [-0.39, 0.29) is 12.5 Å². The molecule has 4 nitrogen and oxygen atoms in total. The van der Waals surface area contributed by atoms with Crippen molar-refractivity contribution in [3.05, 3.63) is 0 Å². The molecule has 1 saturated heterocycles. The normalized spacial score (nSPS) is 23.4. The Morgan fingerprint density at radius 3 is 3.00 bits per heavy atom. The number of likely N-dealkylation sites (N-methyl/N-ethyl adjacent to an activating group) is 1. The summed E-state index contributed by atoms with van der Waals surface area (Å²) in [5.41, 5.74) is 0. The molecule has 0 spiro atoms. The Morgan fingerprint density at radius 1 is 1.69 bits per heavy atom. The molecule has 0 saturated carbocycles. The summed E-state index contributed by atoms with van der Waals surface area (Å²) in [6, 6.07) is 0. The minimum atomic E-state index is 0.0843. The molecule has 1 heterocycles. The summed E-state index contributed by atoms with van der Waals surface area (Å²) in [6.07, 6.45) is 1.01. The van der Waals surface area contributed by atoms with Gasteiger partial charge in [-0.2, -0.15) is 0 Å². The fourth-order valence-corrected chi connectivity index (χ4v) is 1.66. The van der Waals surface area contributed by atoms with Crippen LogP contribution in [0, 0.1) is 5.92 Å². The monoisotopic (exact) mass is 186 g/mol. The molecular weight excluding hydrogens is 168 g/mol. The van der Waals surface area contributed by atoms with E-state index in [4.69, 9.17) is 5.11 Å². The molecule has 0 aromatic carbocycles. The zero-order chi connectivity index (χ0) is 9.68. The highest BCUT2D eigenvalue weighted by Gasteiger charge is 2.22. The molecule has 0 unspecified atom stereocenters. The fraction of sp³-hybridized carbons (Fsp3) is 0.889. The Kier molecular flexibility index (Phi) is 4.18. The van der Waals surface area contributed by atoms with Gasteiger partial charge in [-0.3, -0.25) is 9.69 Å². The van der Waals surface area contributed by atoms with Crippen LogP contribution in [-0.4, -0.2) is 48.7 Å². The molecule has 1 aliphatic heterocycles. The predicted molar refractivity (Wildman–Crippen MR) is 50.3 cm³/mol. The van der Waals surface area contributed by atoms with Gasteiger partial charge in [-0.05, 0) is 25.8 Å². The highest BCUT2D eigenvalue weighted by molar-refractivity contribution is 5.77. The molecule has 0 bridgehead atoms. The first kappa shape index (κ1) is 10.5. The SMILES string of the molecule is CCNC(=O)CN1CC[C@@H](CO)C1. The minimum absolute atomic E-state index is 0.0843. The average molecular weight is 186 g/mol. The van der Waals surface area contributed by atoms with Crippen molar-refractivity contribution in [3.8, 4) is 0 Å². The van der Waals surface area contributed by atoms with Gasteiger partial charge in [-0.1, -0.05) is 0 Å². The number of likely N-dealkylation sites (tertiary alicyclic amines) is 1. The van der Waals surface area contributed by atoms with Gasteiger partial charge >= 0.3 is 0 Å². The largest absolute Gasteiger partial charge is 0.396 e. The Labute approximate surface area is 78.9 Å². The third-order valence-electron chi connectivity index (χ3n) is 2.37. The first-order valence-electron chi connectivity index (χ1n) is 4.86. The van der Waals surface area contributed by atoms with E-state index in [1.54, 1.807) is 0 Å². The van der Waals surface area contributed by atoms with E-state index >= 15 is 0 Å². The standard InChI is InChI=1S/C9H18N2O2/c1-2-10-9(13)6-11-4-3-8(5-11)7-12/h8,12H,2-7H2,1H3,(H,10,13)/t8-/m1/s1. The third-order valence-corrected chi connectivity index (χ3v) is 2.37. The van der Waals surface area contributed by atoms with Gasteiger partial charge in [0, 0.05) is 19.7 Å². The number of carbonyl (C=O) groups excluding carboxylic acids is 1. The third kappa shape index (κ3) is 3.32. The van der Waals surface area contributed by atoms with E-state index in [2.05, 4.69) is 10.2 Å². The van der Waals surface area contributed by atoms with Crippen molar-refractivity contribution >= 4 is 5.91 Å². The molecular formula is C9H18N2O2. The van der Waals surface area contributed by atoms with Crippen molar-refractivity contribution in [2.24, 2.45) is 5.92 Å². The van der Waals surface area contributed by atoms with Crippen molar-refractivity contribution in [2.45, 2.75) is 13.3 Å². The Bertz CT molecular complexity index is 173. The second kappa shape index (κ2) is 5.19. The van der Waals surface area contributed by atoms with Gasteiger partial charge in [0.15, 0.2) is 0 Å². The van der Waals surface area contributed by atoms with Gasteiger partial charge in [0.25, 0.3) is 0 Å². The highest BCUT2D eigenvalue weighted by Crippen LogP contribution is 2.14. The summed E-state index contributed by atoms with van der Waals surface area (Å²) in [5, 5.41) is 11.7. The van der Waals surface area contributed by atoms with Crippen LogP contribution in [0.3, 0.4) is 0 Å². The van der Waals surface area contributed by atoms with Crippen LogP contribution in [0.2, 0.25) is 0 Å². The van der Waals surface area contributed by atoms with E-state index in [9.17, 15) is 4.79 Å². The number of nitrogens with one attached hydrogen (secondary N) is 1. The molecule has 0 aromatic rings. The van der Waals surface area contributed by atoms with E-state index < -0.39 is 0 Å². The van der Waals surface area contributed by atoms with Gasteiger partial charge in [0.05, 0.1) is 6.54 Å². The molecule has 13 heavy (non-hydrogen) atoms. The van der Waals surface area contributed by atoms with Gasteiger partial charge < -0.3 is 10.4 Å². The Morgan fingerprint density at radius 2 is 2.46 bits per heavy atom. The number of aliphatic hydroxyl groups is 1. The van der Waals surface area contributed by atoms with Crippen molar-refractivity contribution in [1.82, 2.24) is 10.2 Å². The number of amides is 1. The lowest BCUT2D eigenvalue weighted by Gasteiger charge is -2.14. The van der Waals surface area contributed by atoms with Crippen LogP contribution < -0.4 is 5.32 Å². The topological polar surface area (TPSA) is 52.6 Å². The van der Waals surface area contributed by atoms with E-state index in [1.165, 1.54) is 0 Å². The molecule has 4 heteroatoms. The molecule has 1 amide bonds. The molecule has 0 aliphatic carbocycles. The molecule has 76 valence electrons. The second-order valence-electron chi connectivity index (χ2n) is 3.53. The number of hydrogen-bond donors (Lipinski definition) is 2. The van der Waals surface area contributed by atoms with Gasteiger partial charge in [0.1, 0.15) is 0 Å². The average Bonchev–Trinajstić information content (AvgIpc) is 2.52. The van der Waals surface area contributed by atoms with E-state index in [1.807, 2.05) is 6.92 Å². The van der Waals surface area contributed by atoms with Crippen molar-refractivity contribution in [1.29, 1.82) is 0 Å². The van der Waals surface area contributed by atoms with Crippen molar-refractivity contribution in [3.63, 3.8) is 0 Å². The van der Waals surface area contributed by atoms with Crippen molar-refractivity contribution < 1.29 is 9.90 Å². The van der Waals surface area contributed by atoms with Crippen LogP contribution in [0.25, 0.3) is 0 Å². The maximum atomic E-state index is 11.2. The lowest BCUT2D eigenvalue weighted by Crippen LogP contribution is -2.36.